The molecule has 1 aromatic rings. The topological polar surface area (TPSA) is 164 Å². The quantitative estimate of drug-likeness (QED) is 0.227. The van der Waals surface area contributed by atoms with Crippen molar-refractivity contribution in [1.29, 1.82) is 5.41 Å². The minimum atomic E-state index is -1.63. The van der Waals surface area contributed by atoms with Crippen LogP contribution in [0, 0.1) is 5.41 Å². The molecule has 1 saturated carbocycles. The van der Waals surface area contributed by atoms with E-state index in [1.165, 1.54) is 6.92 Å². The molecule has 0 spiro atoms. The Hall–Kier alpha value is -2.20. The number of aryl methyl sites for hydroxylation is 1. The minimum absolute atomic E-state index is 0.0579. The van der Waals surface area contributed by atoms with Crippen LogP contribution in [0.1, 0.15) is 37.3 Å². The summed E-state index contributed by atoms with van der Waals surface area (Å²) in [5.74, 6) is 4.86. The zero-order valence-electron chi connectivity index (χ0n) is 15.2. The van der Waals surface area contributed by atoms with Crippen LogP contribution in [0.25, 0.3) is 0 Å². The largest absolute Gasteiger partial charge is 0.486 e. The first-order chi connectivity index (χ1) is 12.7. The predicted octanol–water partition coefficient (Wildman–Crippen LogP) is -0.119. The number of aliphatic hydroxyl groups is 1. The molecule has 2 aliphatic rings. The lowest BCUT2D eigenvalue weighted by Gasteiger charge is -2.44. The summed E-state index contributed by atoms with van der Waals surface area (Å²) >= 11 is 0. The maximum atomic E-state index is 11.5. The van der Waals surface area contributed by atoms with Gasteiger partial charge in [-0.2, -0.15) is 0 Å². The molecule has 148 valence electrons. The van der Waals surface area contributed by atoms with E-state index in [2.05, 4.69) is 5.32 Å². The van der Waals surface area contributed by atoms with Crippen molar-refractivity contribution in [2.24, 2.45) is 11.6 Å². The van der Waals surface area contributed by atoms with Crippen LogP contribution in [-0.2, 0) is 16.1 Å². The van der Waals surface area contributed by atoms with Crippen molar-refractivity contribution < 1.29 is 24.6 Å². The third-order valence-electron chi connectivity index (χ3n) is 5.55. The first-order valence-corrected chi connectivity index (χ1v) is 8.87. The van der Waals surface area contributed by atoms with Crippen LogP contribution in [-0.4, -0.2) is 51.9 Å². The van der Waals surface area contributed by atoms with E-state index >= 15 is 0 Å². The number of carboxylic acid groups (broad SMARTS) is 1. The highest BCUT2D eigenvalue weighted by atomic mass is 16.7. The van der Waals surface area contributed by atoms with E-state index in [4.69, 9.17) is 26.6 Å². The summed E-state index contributed by atoms with van der Waals surface area (Å²) in [6.45, 7) is 1.33. The molecule has 1 aromatic carbocycles. The van der Waals surface area contributed by atoms with E-state index in [-0.39, 0.29) is 18.5 Å². The highest BCUT2D eigenvalue weighted by Crippen LogP contribution is 2.34. The Morgan fingerprint density at radius 3 is 2.81 bits per heavy atom. The number of fused-ring (bicyclic) bond motifs is 1. The number of carboxylic acids is 1. The molecule has 0 amide bonds. The van der Waals surface area contributed by atoms with Crippen molar-refractivity contribution >= 4 is 11.8 Å². The lowest BCUT2D eigenvalue weighted by atomic mass is 9.74. The number of aliphatic carboxylic acids is 1. The van der Waals surface area contributed by atoms with Gasteiger partial charge in [-0.3, -0.25) is 10.2 Å². The van der Waals surface area contributed by atoms with Gasteiger partial charge in [-0.1, -0.05) is 0 Å². The van der Waals surface area contributed by atoms with E-state index < -0.39 is 23.2 Å². The summed E-state index contributed by atoms with van der Waals surface area (Å²) in [5, 5.41) is 30.0. The minimum Gasteiger partial charge on any atom is -0.486 e. The van der Waals surface area contributed by atoms with Gasteiger partial charge in [-0.05, 0) is 56.4 Å². The fourth-order valence-electron chi connectivity index (χ4n) is 3.64. The predicted molar refractivity (Wildman–Crippen MR) is 97.5 cm³/mol. The summed E-state index contributed by atoms with van der Waals surface area (Å²) in [5.41, 5.74) is 5.38. The second-order valence-corrected chi connectivity index (χ2v) is 7.64. The van der Waals surface area contributed by atoms with Crippen LogP contribution in [0.3, 0.4) is 0 Å². The number of hydrogen-bond donors (Lipinski definition) is 6. The molecule has 0 aromatic heterocycles. The SMILES string of the molecule is C[C@@](ON)(C(=O)O)[C@H]1CCc2cc(C(=N)N[C@H]3C[C@@](N)(CO)C3)ccc2O1. The lowest BCUT2D eigenvalue weighted by Crippen LogP contribution is -2.62. The smallest absolute Gasteiger partial charge is 0.341 e. The Bertz CT molecular complexity index is 749. The molecule has 0 saturated heterocycles. The molecule has 1 heterocycles. The third kappa shape index (κ3) is 3.63. The van der Waals surface area contributed by atoms with Gasteiger partial charge in [0.2, 0.25) is 5.60 Å². The van der Waals surface area contributed by atoms with Crippen LogP contribution < -0.4 is 21.7 Å². The number of rotatable bonds is 6. The molecule has 0 bridgehead atoms. The number of nitrogens with one attached hydrogen (secondary N) is 2. The van der Waals surface area contributed by atoms with Gasteiger partial charge in [0.15, 0.2) is 0 Å². The maximum Gasteiger partial charge on any atom is 0.341 e. The molecular weight excluding hydrogens is 352 g/mol. The number of amidine groups is 1. The summed E-state index contributed by atoms with van der Waals surface area (Å²) in [7, 11) is 0. The Morgan fingerprint density at radius 2 is 2.22 bits per heavy atom. The molecule has 27 heavy (non-hydrogen) atoms. The van der Waals surface area contributed by atoms with Gasteiger partial charge in [0, 0.05) is 17.1 Å². The molecule has 1 fully saturated rings. The van der Waals surface area contributed by atoms with Gasteiger partial charge in [0.1, 0.15) is 17.7 Å². The monoisotopic (exact) mass is 378 g/mol. The van der Waals surface area contributed by atoms with Gasteiger partial charge in [-0.25, -0.2) is 10.7 Å². The number of carbonyl (C=O) groups is 1. The average Bonchev–Trinajstić information content (AvgIpc) is 2.64. The van der Waals surface area contributed by atoms with E-state index in [9.17, 15) is 15.0 Å². The van der Waals surface area contributed by atoms with E-state index in [0.29, 0.717) is 37.0 Å². The molecule has 0 radical (unpaired) electrons. The molecule has 9 heteroatoms. The Labute approximate surface area is 157 Å². The van der Waals surface area contributed by atoms with Crippen molar-refractivity contribution in [3.05, 3.63) is 29.3 Å². The standard InChI is InChI=1S/C18H26N4O5/c1-17(27-21,16(24)25)14-5-3-10-6-11(2-4-13(10)26-14)15(19)22-12-7-18(20,8-12)9-23/h2,4,6,12,14,23H,3,5,7-9,20-21H2,1H3,(H2,19,22)(H,24,25)/t12-,14-,17+,18-/m1/s1. The summed E-state index contributed by atoms with van der Waals surface area (Å²) in [4.78, 5) is 16.2. The van der Waals surface area contributed by atoms with Crippen LogP contribution in [0.15, 0.2) is 18.2 Å². The van der Waals surface area contributed by atoms with Crippen molar-refractivity contribution in [2.45, 2.75) is 55.9 Å². The zero-order chi connectivity index (χ0) is 19.8. The fourth-order valence-corrected chi connectivity index (χ4v) is 3.64. The summed E-state index contributed by atoms with van der Waals surface area (Å²) < 4.78 is 5.82. The summed E-state index contributed by atoms with van der Waals surface area (Å²) in [6, 6.07) is 5.42. The number of benzene rings is 1. The van der Waals surface area contributed by atoms with Crippen LogP contribution in [0.2, 0.25) is 0 Å². The molecule has 0 unspecified atom stereocenters. The number of nitrogens with two attached hydrogens (primary N) is 2. The molecule has 8 N–H and O–H groups in total. The molecule has 9 nitrogen and oxygen atoms in total. The Balaban J connectivity index is 1.67. The zero-order valence-corrected chi connectivity index (χ0v) is 15.2. The van der Waals surface area contributed by atoms with Crippen molar-refractivity contribution in [2.75, 3.05) is 6.61 Å². The van der Waals surface area contributed by atoms with Crippen molar-refractivity contribution in [3.63, 3.8) is 0 Å². The second-order valence-electron chi connectivity index (χ2n) is 7.64. The van der Waals surface area contributed by atoms with Crippen LogP contribution in [0.5, 0.6) is 5.75 Å². The first-order valence-electron chi connectivity index (χ1n) is 8.87. The molecule has 1 aliphatic heterocycles. The number of hydrogen-bond acceptors (Lipinski definition) is 7. The van der Waals surface area contributed by atoms with Crippen molar-refractivity contribution in [1.82, 2.24) is 5.32 Å². The Morgan fingerprint density at radius 1 is 1.52 bits per heavy atom. The van der Waals surface area contributed by atoms with Gasteiger partial charge >= 0.3 is 5.97 Å². The van der Waals surface area contributed by atoms with Gasteiger partial charge < -0.3 is 26.0 Å². The molecular formula is C18H26N4O5. The lowest BCUT2D eigenvalue weighted by molar-refractivity contribution is -0.179. The highest BCUT2D eigenvalue weighted by Gasteiger charge is 2.46. The summed E-state index contributed by atoms with van der Waals surface area (Å²) in [6.07, 6.45) is 1.56. The van der Waals surface area contributed by atoms with Crippen molar-refractivity contribution in [3.8, 4) is 5.75 Å². The molecule has 1 aliphatic carbocycles. The van der Waals surface area contributed by atoms with Crippen LogP contribution >= 0.6 is 0 Å². The maximum absolute atomic E-state index is 11.5. The normalized spacial score (nSPS) is 28.9. The number of ether oxygens (including phenoxy) is 1. The van der Waals surface area contributed by atoms with Crippen LogP contribution in [0.4, 0.5) is 0 Å². The third-order valence-corrected chi connectivity index (χ3v) is 5.55. The molecule has 2 atom stereocenters. The molecule has 3 rings (SSSR count). The Kier molecular flexibility index (Phi) is 5.13. The van der Waals surface area contributed by atoms with E-state index in [1.807, 2.05) is 6.07 Å². The average molecular weight is 378 g/mol. The van der Waals surface area contributed by atoms with Gasteiger partial charge in [-0.15, -0.1) is 0 Å². The van der Waals surface area contributed by atoms with Gasteiger partial charge in [0.25, 0.3) is 0 Å². The number of aliphatic hydroxyl groups excluding tert-OH is 1. The fraction of sp³-hybridized carbons (Fsp3) is 0.556. The first kappa shape index (κ1) is 19.6. The highest BCUT2D eigenvalue weighted by molar-refractivity contribution is 5.97. The van der Waals surface area contributed by atoms with Gasteiger partial charge in [0.05, 0.1) is 6.61 Å². The van der Waals surface area contributed by atoms with E-state index in [0.717, 1.165) is 5.56 Å². The second kappa shape index (κ2) is 7.08. The van der Waals surface area contributed by atoms with E-state index in [1.54, 1.807) is 12.1 Å².